The maximum Gasteiger partial charge on any atom is 0.325 e. The molecule has 2 aliphatic heterocycles. The summed E-state index contributed by atoms with van der Waals surface area (Å²) in [5.74, 6) is 1.13. The molecule has 0 spiro atoms. The Kier molecular flexibility index (Phi) is 3.50. The molecule has 16 heavy (non-hydrogen) atoms. The molecule has 0 amide bonds. The average molecular weight is 227 g/mol. The molecule has 0 aromatic carbocycles. The predicted octanol–water partition coefficient (Wildman–Crippen LogP) is 0.954. The first kappa shape index (κ1) is 11.9. The quantitative estimate of drug-likeness (QED) is 0.729. The smallest absolute Gasteiger partial charge is 0.325 e. The van der Waals surface area contributed by atoms with Crippen LogP contribution >= 0.6 is 0 Å². The maximum atomic E-state index is 11.6. The highest BCUT2D eigenvalue weighted by Gasteiger charge is 2.42. The molecule has 0 radical (unpaired) electrons. The Morgan fingerprint density at radius 1 is 1.56 bits per heavy atom. The summed E-state index contributed by atoms with van der Waals surface area (Å²) in [4.78, 5) is 11.6. The number of hydrogen-bond donors (Lipinski definition) is 1. The zero-order chi connectivity index (χ0) is 11.6. The summed E-state index contributed by atoms with van der Waals surface area (Å²) in [6.45, 7) is 4.65. The van der Waals surface area contributed by atoms with E-state index >= 15 is 0 Å². The second kappa shape index (κ2) is 4.72. The van der Waals surface area contributed by atoms with Gasteiger partial charge in [-0.2, -0.15) is 0 Å². The van der Waals surface area contributed by atoms with Gasteiger partial charge >= 0.3 is 5.97 Å². The van der Waals surface area contributed by atoms with Gasteiger partial charge in [-0.15, -0.1) is 0 Å². The van der Waals surface area contributed by atoms with E-state index in [0.29, 0.717) is 11.8 Å². The number of ether oxygens (including phenoxy) is 2. The van der Waals surface area contributed by atoms with E-state index in [9.17, 15) is 4.79 Å². The first-order chi connectivity index (χ1) is 7.64. The molecule has 4 nitrogen and oxygen atoms in total. The summed E-state index contributed by atoms with van der Waals surface area (Å²) in [6, 6.07) is 0. The van der Waals surface area contributed by atoms with Crippen LogP contribution in [0, 0.1) is 11.8 Å². The van der Waals surface area contributed by atoms with Crippen LogP contribution in [0.2, 0.25) is 0 Å². The lowest BCUT2D eigenvalue weighted by molar-refractivity contribution is -0.147. The van der Waals surface area contributed by atoms with Crippen molar-refractivity contribution in [3.63, 3.8) is 0 Å². The summed E-state index contributed by atoms with van der Waals surface area (Å²) in [5.41, 5.74) is -0.473. The van der Waals surface area contributed by atoms with Crippen molar-refractivity contribution in [2.24, 2.45) is 11.8 Å². The van der Waals surface area contributed by atoms with E-state index in [-0.39, 0.29) is 5.97 Å². The van der Waals surface area contributed by atoms with Gasteiger partial charge in [0.05, 0.1) is 7.11 Å². The zero-order valence-electron chi connectivity index (χ0n) is 10.1. The number of esters is 1. The van der Waals surface area contributed by atoms with E-state index in [2.05, 4.69) is 5.32 Å². The fourth-order valence-corrected chi connectivity index (χ4v) is 2.88. The SMILES string of the molecule is COC(=O)C1(C)CC(CC2CCOC2)CN1. The molecule has 0 aromatic heterocycles. The second-order valence-electron chi connectivity index (χ2n) is 5.24. The molecule has 2 fully saturated rings. The van der Waals surface area contributed by atoms with Crippen molar-refractivity contribution in [1.29, 1.82) is 0 Å². The highest BCUT2D eigenvalue weighted by Crippen LogP contribution is 2.31. The van der Waals surface area contributed by atoms with Crippen LogP contribution in [0.1, 0.15) is 26.2 Å². The van der Waals surface area contributed by atoms with Crippen LogP contribution in [-0.4, -0.2) is 38.4 Å². The van der Waals surface area contributed by atoms with Gasteiger partial charge in [0.25, 0.3) is 0 Å². The monoisotopic (exact) mass is 227 g/mol. The molecule has 0 bridgehead atoms. The minimum absolute atomic E-state index is 0.141. The molecule has 2 rings (SSSR count). The van der Waals surface area contributed by atoms with Crippen LogP contribution in [0.25, 0.3) is 0 Å². The van der Waals surface area contributed by atoms with Crippen molar-refractivity contribution >= 4 is 5.97 Å². The van der Waals surface area contributed by atoms with Gasteiger partial charge in [0, 0.05) is 13.2 Å². The van der Waals surface area contributed by atoms with E-state index in [0.717, 1.165) is 26.2 Å². The fourth-order valence-electron chi connectivity index (χ4n) is 2.88. The molecule has 0 aliphatic carbocycles. The van der Waals surface area contributed by atoms with Gasteiger partial charge in [0.1, 0.15) is 5.54 Å². The van der Waals surface area contributed by atoms with Crippen molar-refractivity contribution in [1.82, 2.24) is 5.32 Å². The van der Waals surface area contributed by atoms with Crippen LogP contribution in [-0.2, 0) is 14.3 Å². The molecule has 1 N–H and O–H groups in total. The van der Waals surface area contributed by atoms with Gasteiger partial charge in [0.2, 0.25) is 0 Å². The fraction of sp³-hybridized carbons (Fsp3) is 0.917. The standard InChI is InChI=1S/C12H21NO3/c1-12(11(14)15-2)6-10(7-13-12)5-9-3-4-16-8-9/h9-10,13H,3-8H2,1-2H3. The van der Waals surface area contributed by atoms with Crippen molar-refractivity contribution in [3.05, 3.63) is 0 Å². The summed E-state index contributed by atoms with van der Waals surface area (Å²) in [5, 5.41) is 3.29. The molecule has 0 saturated carbocycles. The normalized spacial score (nSPS) is 38.9. The molecular formula is C12H21NO3. The topological polar surface area (TPSA) is 47.6 Å². The number of carbonyl (C=O) groups excluding carboxylic acids is 1. The summed E-state index contributed by atoms with van der Waals surface area (Å²) in [7, 11) is 1.45. The lowest BCUT2D eigenvalue weighted by Gasteiger charge is -2.21. The van der Waals surface area contributed by atoms with Gasteiger partial charge in [-0.3, -0.25) is 4.79 Å². The number of rotatable bonds is 3. The Balaban J connectivity index is 1.84. The van der Waals surface area contributed by atoms with Crippen LogP contribution < -0.4 is 5.32 Å². The lowest BCUT2D eigenvalue weighted by Crippen LogP contribution is -2.45. The maximum absolute atomic E-state index is 11.6. The number of carbonyl (C=O) groups is 1. The van der Waals surface area contributed by atoms with Gasteiger partial charge in [-0.25, -0.2) is 0 Å². The third-order valence-corrected chi connectivity index (χ3v) is 3.80. The molecule has 2 saturated heterocycles. The number of hydrogen-bond acceptors (Lipinski definition) is 4. The van der Waals surface area contributed by atoms with E-state index < -0.39 is 5.54 Å². The van der Waals surface area contributed by atoms with Crippen molar-refractivity contribution < 1.29 is 14.3 Å². The molecule has 3 atom stereocenters. The van der Waals surface area contributed by atoms with Gasteiger partial charge < -0.3 is 14.8 Å². The minimum atomic E-state index is -0.473. The van der Waals surface area contributed by atoms with Crippen molar-refractivity contribution in [2.45, 2.75) is 31.7 Å². The highest BCUT2D eigenvalue weighted by molar-refractivity contribution is 5.80. The summed E-state index contributed by atoms with van der Waals surface area (Å²) >= 11 is 0. The first-order valence-corrected chi connectivity index (χ1v) is 6.05. The Labute approximate surface area is 96.7 Å². The Morgan fingerprint density at radius 3 is 3.00 bits per heavy atom. The average Bonchev–Trinajstić information content (AvgIpc) is 2.89. The molecular weight excluding hydrogens is 206 g/mol. The minimum Gasteiger partial charge on any atom is -0.468 e. The van der Waals surface area contributed by atoms with Gasteiger partial charge in [-0.1, -0.05) is 0 Å². The summed E-state index contributed by atoms with van der Waals surface area (Å²) in [6.07, 6.45) is 3.22. The molecule has 4 heteroatoms. The molecule has 3 unspecified atom stereocenters. The number of methoxy groups -OCH3 is 1. The molecule has 92 valence electrons. The van der Waals surface area contributed by atoms with Crippen molar-refractivity contribution in [2.75, 3.05) is 26.9 Å². The zero-order valence-corrected chi connectivity index (χ0v) is 10.1. The third-order valence-electron chi connectivity index (χ3n) is 3.80. The van der Waals surface area contributed by atoms with E-state index in [4.69, 9.17) is 9.47 Å². The lowest BCUT2D eigenvalue weighted by atomic mass is 9.88. The Hall–Kier alpha value is -0.610. The second-order valence-corrected chi connectivity index (χ2v) is 5.24. The van der Waals surface area contributed by atoms with E-state index in [1.54, 1.807) is 0 Å². The van der Waals surface area contributed by atoms with Gasteiger partial charge in [0.15, 0.2) is 0 Å². The van der Waals surface area contributed by atoms with Crippen LogP contribution in [0.3, 0.4) is 0 Å². The van der Waals surface area contributed by atoms with Gasteiger partial charge in [-0.05, 0) is 44.6 Å². The van der Waals surface area contributed by atoms with E-state index in [1.165, 1.54) is 20.0 Å². The van der Waals surface area contributed by atoms with Crippen LogP contribution in [0.4, 0.5) is 0 Å². The largest absolute Gasteiger partial charge is 0.468 e. The predicted molar refractivity (Wildman–Crippen MR) is 60.1 cm³/mol. The molecule has 0 aromatic rings. The Morgan fingerprint density at radius 2 is 2.38 bits per heavy atom. The Bertz CT molecular complexity index is 263. The van der Waals surface area contributed by atoms with Crippen LogP contribution in [0.5, 0.6) is 0 Å². The number of nitrogens with one attached hydrogen (secondary N) is 1. The van der Waals surface area contributed by atoms with Crippen molar-refractivity contribution in [3.8, 4) is 0 Å². The van der Waals surface area contributed by atoms with E-state index in [1.807, 2.05) is 6.92 Å². The first-order valence-electron chi connectivity index (χ1n) is 6.05. The molecule has 2 heterocycles. The highest BCUT2D eigenvalue weighted by atomic mass is 16.5. The molecule has 2 aliphatic rings. The third kappa shape index (κ3) is 2.38. The van der Waals surface area contributed by atoms with Crippen LogP contribution in [0.15, 0.2) is 0 Å². The summed E-state index contributed by atoms with van der Waals surface area (Å²) < 4.78 is 10.2.